The molecular formula is C25H32ClN3O3S. The number of carbonyl (C=O) groups excluding carboxylic acids is 1. The zero-order chi connectivity index (χ0) is 23.4. The van der Waals surface area contributed by atoms with Crippen LogP contribution in [0.3, 0.4) is 0 Å². The Bertz CT molecular complexity index is 1080. The Labute approximate surface area is 202 Å². The maximum Gasteiger partial charge on any atom is 0.261 e. The van der Waals surface area contributed by atoms with Crippen LogP contribution in [0, 0.1) is 11.8 Å². The number of carbonyl (C=O) groups is 1. The van der Waals surface area contributed by atoms with Crippen LogP contribution in [-0.4, -0.2) is 56.8 Å². The second kappa shape index (κ2) is 10.5. The molecule has 0 saturated carbocycles. The van der Waals surface area contributed by atoms with Gasteiger partial charge in [-0.15, -0.1) is 0 Å². The molecule has 0 spiro atoms. The fraction of sp³-hybridized carbons (Fsp3) is 0.480. The average Bonchev–Trinajstić information content (AvgIpc) is 2.80. The zero-order valence-electron chi connectivity index (χ0n) is 19.0. The minimum absolute atomic E-state index is 0.0596. The summed E-state index contributed by atoms with van der Waals surface area (Å²) in [6.45, 7) is 7.08. The van der Waals surface area contributed by atoms with Crippen molar-refractivity contribution >= 4 is 33.2 Å². The molecule has 2 aromatic carbocycles. The SMILES string of the molecule is CC1CCN(CC2CCCN(C(=O)c3cccc(S(=O)(=O)Nc4cccc(Cl)c4)c3)C2)CC1. The van der Waals surface area contributed by atoms with Crippen molar-refractivity contribution in [2.75, 3.05) is 37.4 Å². The zero-order valence-corrected chi connectivity index (χ0v) is 20.6. The Balaban J connectivity index is 1.42. The molecule has 4 rings (SSSR count). The number of benzene rings is 2. The minimum atomic E-state index is -3.84. The number of hydrogen-bond acceptors (Lipinski definition) is 4. The van der Waals surface area contributed by atoms with Crippen molar-refractivity contribution < 1.29 is 13.2 Å². The molecule has 1 N–H and O–H groups in total. The van der Waals surface area contributed by atoms with E-state index in [2.05, 4.69) is 16.5 Å². The quantitative estimate of drug-likeness (QED) is 0.637. The summed E-state index contributed by atoms with van der Waals surface area (Å²) >= 11 is 5.96. The first-order valence-electron chi connectivity index (χ1n) is 11.7. The van der Waals surface area contributed by atoms with E-state index in [-0.39, 0.29) is 10.8 Å². The van der Waals surface area contributed by atoms with E-state index in [1.807, 2.05) is 4.90 Å². The molecule has 6 nitrogen and oxygen atoms in total. The number of nitrogens with one attached hydrogen (secondary N) is 1. The van der Waals surface area contributed by atoms with Gasteiger partial charge in [-0.05, 0) is 87.0 Å². The summed E-state index contributed by atoms with van der Waals surface area (Å²) in [5.41, 5.74) is 0.779. The Morgan fingerprint density at radius 1 is 1.06 bits per heavy atom. The van der Waals surface area contributed by atoms with Crippen LogP contribution in [0.5, 0.6) is 0 Å². The van der Waals surface area contributed by atoms with Crippen LogP contribution in [0.2, 0.25) is 5.02 Å². The van der Waals surface area contributed by atoms with Crippen molar-refractivity contribution in [1.29, 1.82) is 0 Å². The molecule has 2 aliphatic heterocycles. The molecule has 178 valence electrons. The summed E-state index contributed by atoms with van der Waals surface area (Å²) in [6.07, 6.45) is 4.61. The van der Waals surface area contributed by atoms with E-state index in [1.165, 1.54) is 25.0 Å². The number of anilines is 1. The van der Waals surface area contributed by atoms with Crippen molar-refractivity contribution in [3.8, 4) is 0 Å². The smallest absolute Gasteiger partial charge is 0.261 e. The molecule has 2 heterocycles. The third kappa shape index (κ3) is 6.28. The van der Waals surface area contributed by atoms with E-state index in [4.69, 9.17) is 11.6 Å². The molecule has 2 fully saturated rings. The first-order valence-corrected chi connectivity index (χ1v) is 13.6. The molecule has 2 aromatic rings. The lowest BCUT2D eigenvalue weighted by Gasteiger charge is -2.38. The van der Waals surface area contributed by atoms with Crippen molar-refractivity contribution in [3.63, 3.8) is 0 Å². The van der Waals surface area contributed by atoms with Gasteiger partial charge in [0.25, 0.3) is 15.9 Å². The van der Waals surface area contributed by atoms with E-state index in [9.17, 15) is 13.2 Å². The van der Waals surface area contributed by atoms with Gasteiger partial charge in [0.1, 0.15) is 0 Å². The standard InChI is InChI=1S/C25H32ClN3O3S/c1-19-10-13-28(14-11-19)17-20-5-4-12-29(18-20)25(30)21-6-2-9-24(15-21)33(31,32)27-23-8-3-7-22(26)16-23/h2-3,6-9,15-16,19-20,27H,4-5,10-14,17-18H2,1H3. The highest BCUT2D eigenvalue weighted by Gasteiger charge is 2.27. The molecule has 0 aromatic heterocycles. The van der Waals surface area contributed by atoms with Crippen molar-refractivity contribution in [1.82, 2.24) is 9.80 Å². The van der Waals surface area contributed by atoms with Gasteiger partial charge in [-0.25, -0.2) is 8.42 Å². The molecule has 8 heteroatoms. The fourth-order valence-corrected chi connectivity index (χ4v) is 6.04. The Hall–Kier alpha value is -2.09. The second-order valence-electron chi connectivity index (χ2n) is 9.39. The number of piperidine rings is 2. The van der Waals surface area contributed by atoms with Crippen LogP contribution in [-0.2, 0) is 10.0 Å². The highest BCUT2D eigenvalue weighted by molar-refractivity contribution is 7.92. The maximum atomic E-state index is 13.2. The molecule has 1 amide bonds. The number of rotatable bonds is 6. The lowest BCUT2D eigenvalue weighted by atomic mass is 9.94. The predicted octanol–water partition coefficient (Wildman–Crippen LogP) is 4.72. The average molecular weight is 490 g/mol. The van der Waals surface area contributed by atoms with Gasteiger partial charge in [-0.2, -0.15) is 0 Å². The van der Waals surface area contributed by atoms with E-state index in [1.54, 1.807) is 36.4 Å². The van der Waals surface area contributed by atoms with Crippen molar-refractivity contribution in [2.45, 2.75) is 37.5 Å². The van der Waals surface area contributed by atoms with Crippen molar-refractivity contribution in [2.24, 2.45) is 11.8 Å². The molecule has 33 heavy (non-hydrogen) atoms. The third-order valence-electron chi connectivity index (χ3n) is 6.67. The van der Waals surface area contributed by atoms with E-state index in [0.29, 0.717) is 28.7 Å². The number of halogens is 1. The fourth-order valence-electron chi connectivity index (χ4n) is 4.75. The summed E-state index contributed by atoms with van der Waals surface area (Å²) in [4.78, 5) is 17.7. The van der Waals surface area contributed by atoms with Crippen LogP contribution in [0.15, 0.2) is 53.4 Å². The summed E-state index contributed by atoms with van der Waals surface area (Å²) < 4.78 is 28.3. The molecule has 1 unspecified atom stereocenters. The summed E-state index contributed by atoms with van der Waals surface area (Å²) in [6, 6.07) is 12.8. The predicted molar refractivity (Wildman–Crippen MR) is 132 cm³/mol. The van der Waals surface area contributed by atoms with Gasteiger partial charge in [0.15, 0.2) is 0 Å². The van der Waals surface area contributed by atoms with Crippen LogP contribution in [0.1, 0.15) is 43.0 Å². The molecule has 2 saturated heterocycles. The summed E-state index contributed by atoms with van der Waals surface area (Å²) in [5.74, 6) is 1.17. The monoisotopic (exact) mass is 489 g/mol. The Morgan fingerprint density at radius 2 is 1.82 bits per heavy atom. The molecule has 2 aliphatic rings. The van der Waals surface area contributed by atoms with E-state index in [0.717, 1.165) is 44.9 Å². The number of sulfonamides is 1. The normalized spacial score (nSPS) is 20.5. The number of nitrogens with zero attached hydrogens (tertiary/aromatic N) is 2. The van der Waals surface area contributed by atoms with Gasteiger partial charge in [0.05, 0.1) is 10.6 Å². The van der Waals surface area contributed by atoms with Crippen LogP contribution in [0.25, 0.3) is 0 Å². The number of likely N-dealkylation sites (tertiary alicyclic amines) is 2. The van der Waals surface area contributed by atoms with Crippen LogP contribution in [0.4, 0.5) is 5.69 Å². The Morgan fingerprint density at radius 3 is 2.58 bits per heavy atom. The number of amides is 1. The minimum Gasteiger partial charge on any atom is -0.338 e. The molecule has 0 bridgehead atoms. The number of hydrogen-bond donors (Lipinski definition) is 1. The molecule has 0 aliphatic carbocycles. The molecule has 1 atom stereocenters. The van der Waals surface area contributed by atoms with Crippen molar-refractivity contribution in [3.05, 3.63) is 59.1 Å². The van der Waals surface area contributed by atoms with Crippen LogP contribution >= 0.6 is 11.6 Å². The highest BCUT2D eigenvalue weighted by Crippen LogP contribution is 2.24. The first kappa shape index (κ1) is 24.0. The summed E-state index contributed by atoms with van der Waals surface area (Å²) in [5, 5.41) is 0.442. The van der Waals surface area contributed by atoms with Crippen LogP contribution < -0.4 is 4.72 Å². The van der Waals surface area contributed by atoms with Gasteiger partial charge in [0.2, 0.25) is 0 Å². The third-order valence-corrected chi connectivity index (χ3v) is 8.28. The maximum absolute atomic E-state index is 13.2. The van der Waals surface area contributed by atoms with Gasteiger partial charge in [-0.3, -0.25) is 9.52 Å². The van der Waals surface area contributed by atoms with Gasteiger partial charge in [-0.1, -0.05) is 30.7 Å². The first-order chi connectivity index (χ1) is 15.8. The van der Waals surface area contributed by atoms with E-state index < -0.39 is 10.0 Å². The second-order valence-corrected chi connectivity index (χ2v) is 11.5. The largest absolute Gasteiger partial charge is 0.338 e. The lowest BCUT2D eigenvalue weighted by Crippen LogP contribution is -2.45. The topological polar surface area (TPSA) is 69.7 Å². The molecule has 0 radical (unpaired) electrons. The van der Waals surface area contributed by atoms with Gasteiger partial charge in [0, 0.05) is 30.2 Å². The van der Waals surface area contributed by atoms with Gasteiger partial charge >= 0.3 is 0 Å². The molecular weight excluding hydrogens is 458 g/mol. The van der Waals surface area contributed by atoms with Gasteiger partial charge < -0.3 is 9.80 Å². The Kier molecular flexibility index (Phi) is 7.62. The highest BCUT2D eigenvalue weighted by atomic mass is 35.5. The lowest BCUT2D eigenvalue weighted by molar-refractivity contribution is 0.0622. The van der Waals surface area contributed by atoms with E-state index >= 15 is 0 Å². The summed E-state index contributed by atoms with van der Waals surface area (Å²) in [7, 11) is -3.84.